The van der Waals surface area contributed by atoms with Crippen LogP contribution in [-0.2, 0) is 33.3 Å². The maximum Gasteiger partial charge on any atom is 0.305 e. The van der Waals surface area contributed by atoms with E-state index in [1.54, 1.807) is 13.0 Å². The number of fused-ring (bicyclic) bond motifs is 3. The third-order valence-electron chi connectivity index (χ3n) is 14.2. The molecule has 4 bridgehead atoms. The lowest BCUT2D eigenvalue weighted by Crippen LogP contribution is -2.91. The zero-order valence-electron chi connectivity index (χ0n) is 27.2. The van der Waals surface area contributed by atoms with Crippen LogP contribution in [0.4, 0.5) is 0 Å². The average molecular weight is 625 g/mol. The van der Waals surface area contributed by atoms with E-state index in [1.165, 1.54) is 19.6 Å². The summed E-state index contributed by atoms with van der Waals surface area (Å²) in [4.78, 5) is 41.7. The van der Waals surface area contributed by atoms with Crippen LogP contribution in [0.1, 0.15) is 90.4 Å². The normalized spacial score (nSPS) is 53.0. The molecule has 4 heterocycles. The molecule has 244 valence electrons. The van der Waals surface area contributed by atoms with Crippen LogP contribution in [0.2, 0.25) is 0 Å². The van der Waals surface area contributed by atoms with Crippen LogP contribution in [-0.4, -0.2) is 64.7 Å². The van der Waals surface area contributed by atoms with Gasteiger partial charge in [-0.25, -0.2) is 0 Å². The van der Waals surface area contributed by atoms with Crippen molar-refractivity contribution in [2.24, 2.45) is 39.4 Å². The van der Waals surface area contributed by atoms with Gasteiger partial charge in [0, 0.05) is 54.3 Å². The first-order valence-electron chi connectivity index (χ1n) is 16.3. The SMILES string of the molecule is C=C1CC2C(C)(C(=O)c3ccoc3)CCC34OC5(C)OC23C(O1)C1(CC(=O)C(C)C)C(O)C2(C)CC1(O5)C4(C)C2CC(=O)OC. The monoisotopic (exact) mass is 624 g/mol. The van der Waals surface area contributed by atoms with Gasteiger partial charge in [-0.3, -0.25) is 14.4 Å². The topological polar surface area (TPSA) is 131 Å². The van der Waals surface area contributed by atoms with E-state index in [0.29, 0.717) is 37.0 Å². The Hall–Kier alpha value is -2.53. The number of rotatable bonds is 7. The maximum absolute atomic E-state index is 14.5. The zero-order chi connectivity index (χ0) is 32.4. The molecule has 7 fully saturated rings. The van der Waals surface area contributed by atoms with E-state index >= 15 is 0 Å². The smallest absolute Gasteiger partial charge is 0.305 e. The van der Waals surface area contributed by atoms with Gasteiger partial charge < -0.3 is 33.2 Å². The van der Waals surface area contributed by atoms with Crippen molar-refractivity contribution in [3.8, 4) is 0 Å². The molecule has 12 unspecified atom stereocenters. The van der Waals surface area contributed by atoms with Crippen LogP contribution >= 0.6 is 0 Å². The van der Waals surface area contributed by atoms with Crippen molar-refractivity contribution < 1.29 is 47.6 Å². The molecule has 3 aliphatic heterocycles. The second-order valence-electron chi connectivity index (χ2n) is 16.1. The second-order valence-corrected chi connectivity index (χ2v) is 16.1. The van der Waals surface area contributed by atoms with E-state index in [1.807, 2.05) is 27.7 Å². The standard InChI is InChI=1S/C35H44O10/c1-18(2)21(36)15-32-26(39)29(5)17-34(32)30(6,22(29)14-24(37)40-8)33-11-10-28(4,25(38)20-9-12-41-16-20)23-13-19(3)42-27(32)35(23,33)45-31(7,43-33)44-34/h9,12,16,18,22-23,26-27,39H,3,10-11,13-15,17H2,1-2,4-8H3. The minimum absolute atomic E-state index is 0.0176. The minimum atomic E-state index is -1.55. The number of ketones is 2. The fourth-order valence-corrected chi connectivity index (χ4v) is 12.7. The molecule has 4 saturated carbocycles. The Morgan fingerprint density at radius 2 is 1.80 bits per heavy atom. The first kappa shape index (κ1) is 29.8. The van der Waals surface area contributed by atoms with Crippen molar-refractivity contribution in [2.45, 2.75) is 115 Å². The van der Waals surface area contributed by atoms with Gasteiger partial charge in [-0.05, 0) is 31.2 Å². The zero-order valence-corrected chi connectivity index (χ0v) is 27.2. The van der Waals surface area contributed by atoms with Crippen molar-refractivity contribution in [1.82, 2.24) is 0 Å². The molecule has 1 aromatic heterocycles. The van der Waals surface area contributed by atoms with Gasteiger partial charge in [0.25, 0.3) is 5.97 Å². The van der Waals surface area contributed by atoms with Gasteiger partial charge in [0.05, 0.1) is 41.8 Å². The molecule has 1 N–H and O–H groups in total. The van der Waals surface area contributed by atoms with E-state index in [-0.39, 0.29) is 30.3 Å². The lowest BCUT2D eigenvalue weighted by Gasteiger charge is -2.78. The van der Waals surface area contributed by atoms with Crippen LogP contribution in [0, 0.1) is 39.4 Å². The highest BCUT2D eigenvalue weighted by molar-refractivity contribution is 6.00. The average Bonchev–Trinajstić information content (AvgIpc) is 3.67. The van der Waals surface area contributed by atoms with Crippen molar-refractivity contribution >= 4 is 17.5 Å². The third kappa shape index (κ3) is 2.78. The highest BCUT2D eigenvalue weighted by Gasteiger charge is 3.03. The largest absolute Gasteiger partial charge is 0.491 e. The van der Waals surface area contributed by atoms with Gasteiger partial charge in [0.1, 0.15) is 29.4 Å². The summed E-state index contributed by atoms with van der Waals surface area (Å²) in [6, 6.07) is 1.68. The number of Topliss-reactive ketones (excluding diaryl/α,β-unsaturated/α-hetero) is 2. The number of esters is 1. The lowest BCUT2D eigenvalue weighted by molar-refractivity contribution is -0.472. The molecule has 0 radical (unpaired) electrons. The quantitative estimate of drug-likeness (QED) is 0.336. The fraction of sp³-hybridized carbons (Fsp3) is 0.743. The van der Waals surface area contributed by atoms with E-state index in [2.05, 4.69) is 13.5 Å². The predicted molar refractivity (Wildman–Crippen MR) is 156 cm³/mol. The molecule has 12 atom stereocenters. The Bertz CT molecular complexity index is 1550. The van der Waals surface area contributed by atoms with Gasteiger partial charge in [-0.2, -0.15) is 0 Å². The number of furan rings is 1. The molecular weight excluding hydrogens is 580 g/mol. The number of aliphatic hydroxyl groups is 1. The third-order valence-corrected chi connectivity index (χ3v) is 14.2. The number of methoxy groups -OCH3 is 1. The van der Waals surface area contributed by atoms with Gasteiger partial charge in [0.2, 0.25) is 0 Å². The summed E-state index contributed by atoms with van der Waals surface area (Å²) in [6.07, 6.45) is 2.54. The summed E-state index contributed by atoms with van der Waals surface area (Å²) in [5.74, 6) is -2.86. The van der Waals surface area contributed by atoms with Crippen LogP contribution in [0.3, 0.4) is 0 Å². The maximum atomic E-state index is 14.5. The molecule has 4 aliphatic carbocycles. The van der Waals surface area contributed by atoms with E-state index in [9.17, 15) is 19.5 Å². The summed E-state index contributed by atoms with van der Waals surface area (Å²) < 4.78 is 39.0. The Morgan fingerprint density at radius 1 is 1.09 bits per heavy atom. The predicted octanol–water partition coefficient (Wildman–Crippen LogP) is 4.73. The van der Waals surface area contributed by atoms with Crippen molar-refractivity contribution in [3.63, 3.8) is 0 Å². The summed E-state index contributed by atoms with van der Waals surface area (Å²) in [6.45, 7) is 15.9. The molecule has 7 aliphatic rings. The molecule has 10 heteroatoms. The van der Waals surface area contributed by atoms with Gasteiger partial charge in [0.15, 0.2) is 5.78 Å². The Kier molecular flexibility index (Phi) is 5.50. The molecule has 10 nitrogen and oxygen atoms in total. The molecule has 8 rings (SSSR count). The van der Waals surface area contributed by atoms with Crippen LogP contribution in [0.25, 0.3) is 0 Å². The molecule has 3 saturated heterocycles. The van der Waals surface area contributed by atoms with Gasteiger partial charge in [-0.1, -0.05) is 41.2 Å². The molecular formula is C35H44O10. The number of carbonyl (C=O) groups is 3. The molecule has 3 spiro atoms. The van der Waals surface area contributed by atoms with Crippen molar-refractivity contribution in [1.29, 1.82) is 0 Å². The van der Waals surface area contributed by atoms with Crippen molar-refractivity contribution in [2.75, 3.05) is 7.11 Å². The number of aliphatic hydroxyl groups excluding tert-OH is 1. The Balaban J connectivity index is 1.46. The van der Waals surface area contributed by atoms with Crippen molar-refractivity contribution in [3.05, 3.63) is 36.5 Å². The summed E-state index contributed by atoms with van der Waals surface area (Å²) in [5.41, 5.74) is -7.16. The molecule has 0 amide bonds. The number of allylic oxidation sites excluding steroid dienone is 1. The number of ether oxygens (including phenoxy) is 5. The van der Waals surface area contributed by atoms with E-state index in [4.69, 9.17) is 28.1 Å². The highest BCUT2D eigenvalue weighted by atomic mass is 16.9. The van der Waals surface area contributed by atoms with Crippen LogP contribution < -0.4 is 0 Å². The second kappa shape index (κ2) is 8.30. The summed E-state index contributed by atoms with van der Waals surface area (Å²) >= 11 is 0. The Morgan fingerprint density at radius 3 is 2.44 bits per heavy atom. The Labute approximate surface area is 263 Å². The van der Waals surface area contributed by atoms with E-state index in [0.717, 1.165) is 0 Å². The summed E-state index contributed by atoms with van der Waals surface area (Å²) in [7, 11) is 1.37. The first-order chi connectivity index (χ1) is 21.0. The highest BCUT2D eigenvalue weighted by Crippen LogP contribution is 2.92. The molecule has 1 aromatic rings. The van der Waals surface area contributed by atoms with Gasteiger partial charge >= 0.3 is 5.97 Å². The van der Waals surface area contributed by atoms with Gasteiger partial charge in [-0.15, -0.1) is 0 Å². The van der Waals surface area contributed by atoms with E-state index < -0.39 is 74.4 Å². The van der Waals surface area contributed by atoms with Crippen LogP contribution in [0.15, 0.2) is 35.3 Å². The fourth-order valence-electron chi connectivity index (χ4n) is 12.7. The number of hydrogen-bond donors (Lipinski definition) is 1. The number of hydrogen-bond acceptors (Lipinski definition) is 10. The minimum Gasteiger partial charge on any atom is -0.491 e. The first-order valence-corrected chi connectivity index (χ1v) is 16.3. The summed E-state index contributed by atoms with van der Waals surface area (Å²) in [5, 5.41) is 12.9. The molecule has 45 heavy (non-hydrogen) atoms. The lowest BCUT2D eigenvalue weighted by atomic mass is 9.30. The number of carbonyl (C=O) groups excluding carboxylic acids is 3. The van der Waals surface area contributed by atoms with Crippen LogP contribution in [0.5, 0.6) is 0 Å². The molecule has 0 aromatic carbocycles.